The largest absolute Gasteiger partial charge is 0.412 e. The molecule has 4 heteroatoms. The maximum atomic E-state index is 4.19. The molecule has 0 aromatic carbocycles. The summed E-state index contributed by atoms with van der Waals surface area (Å²) in [6.45, 7) is 12.0. The van der Waals surface area contributed by atoms with E-state index in [1.165, 1.54) is 0 Å². The Morgan fingerprint density at radius 3 is 1.08 bits per heavy atom. The molecule has 2 aromatic heterocycles. The van der Waals surface area contributed by atoms with Crippen LogP contribution in [-0.2, 0) is 19.5 Å². The van der Waals surface area contributed by atoms with Crippen LogP contribution in [0, 0.1) is 37.0 Å². The number of hydrogen-bond donors (Lipinski definition) is 0. The first-order chi connectivity index (χ1) is 10.5. The summed E-state index contributed by atoms with van der Waals surface area (Å²) < 4.78 is 0. The molecule has 2 N–H and O–H groups in total. The minimum atomic E-state index is 0. The van der Waals surface area contributed by atoms with Gasteiger partial charge >= 0.3 is 0 Å². The first kappa shape index (κ1) is 26.1. The van der Waals surface area contributed by atoms with Crippen LogP contribution in [0.15, 0.2) is 48.8 Å². The number of hydrogen-bond acceptors (Lipinski definition) is 2. The van der Waals surface area contributed by atoms with Crippen LogP contribution in [0.25, 0.3) is 11.4 Å². The quantitative estimate of drug-likeness (QED) is 0.473. The third-order valence-electron chi connectivity index (χ3n) is 5.74. The zero-order valence-electron chi connectivity index (χ0n) is 16.2. The third-order valence-corrected chi connectivity index (χ3v) is 5.74. The summed E-state index contributed by atoms with van der Waals surface area (Å²) in [7, 11) is 0. The second-order valence-electron chi connectivity index (χ2n) is 6.73. The van der Waals surface area contributed by atoms with E-state index in [0.29, 0.717) is 0 Å². The molecule has 2 heterocycles. The number of pyridine rings is 2. The number of nitrogens with zero attached hydrogens (tertiary/aromatic N) is 2. The average molecular weight is 432 g/mol. The summed E-state index contributed by atoms with van der Waals surface area (Å²) >= 11 is 0. The molecule has 3 nitrogen and oxygen atoms in total. The van der Waals surface area contributed by atoms with Crippen LogP contribution in [0.2, 0.25) is 0 Å². The molecule has 0 unspecified atom stereocenters. The van der Waals surface area contributed by atoms with Gasteiger partial charge in [0.15, 0.2) is 0 Å². The molecule has 2 aromatic rings. The fraction of sp³-hybridized carbons (Fsp3) is 0.476. The minimum absolute atomic E-state index is 0. The molecule has 1 saturated carbocycles. The Morgan fingerprint density at radius 1 is 0.600 bits per heavy atom. The van der Waals surface area contributed by atoms with Gasteiger partial charge < -0.3 is 12.9 Å². The molecule has 0 saturated heterocycles. The molecule has 0 bridgehead atoms. The zero-order valence-corrected chi connectivity index (χ0v) is 17.9. The van der Waals surface area contributed by atoms with Gasteiger partial charge in [0.1, 0.15) is 0 Å². The predicted molar refractivity (Wildman–Crippen MR) is 103 cm³/mol. The van der Waals surface area contributed by atoms with Crippen LogP contribution >= 0.6 is 0 Å². The maximum Gasteiger partial charge on any atom is 0.0886 e. The van der Waals surface area contributed by atoms with Crippen molar-refractivity contribution < 1.29 is 25.0 Å². The minimum Gasteiger partial charge on any atom is -0.412 e. The molecular weight excluding hydrogens is 399 g/mol. The van der Waals surface area contributed by atoms with Crippen molar-refractivity contribution in [3.63, 3.8) is 0 Å². The van der Waals surface area contributed by atoms with Crippen molar-refractivity contribution in [2.75, 3.05) is 0 Å². The second-order valence-corrected chi connectivity index (χ2v) is 6.73. The number of rotatable bonds is 1. The zero-order chi connectivity index (χ0) is 16.1. The van der Waals surface area contributed by atoms with Crippen molar-refractivity contribution in [1.82, 2.24) is 9.97 Å². The van der Waals surface area contributed by atoms with Crippen molar-refractivity contribution in [3.05, 3.63) is 56.2 Å². The molecule has 0 aliphatic heterocycles. The van der Waals surface area contributed by atoms with E-state index in [1.807, 2.05) is 36.4 Å². The SMILES string of the molecule is CC1C(C)C(C)C(C)C1C.O.[CH3-].[Rh].c1ccc(-c2ccccn2)nc1. The van der Waals surface area contributed by atoms with Crippen molar-refractivity contribution in [3.8, 4) is 11.4 Å². The second kappa shape index (κ2) is 12.3. The van der Waals surface area contributed by atoms with Gasteiger partial charge in [-0.3, -0.25) is 9.97 Å². The van der Waals surface area contributed by atoms with Gasteiger partial charge in [-0.05, 0) is 53.9 Å². The Bertz CT molecular complexity index is 482. The number of aromatic nitrogens is 2. The van der Waals surface area contributed by atoms with Crippen molar-refractivity contribution >= 4 is 0 Å². The summed E-state index contributed by atoms with van der Waals surface area (Å²) in [4.78, 5) is 8.37. The van der Waals surface area contributed by atoms with Gasteiger partial charge in [0.05, 0.1) is 11.4 Å². The van der Waals surface area contributed by atoms with Gasteiger partial charge in [-0.15, -0.1) is 0 Å². The average Bonchev–Trinajstić information content (AvgIpc) is 2.75. The molecule has 0 atom stereocenters. The van der Waals surface area contributed by atoms with E-state index >= 15 is 0 Å². The van der Waals surface area contributed by atoms with E-state index in [-0.39, 0.29) is 32.4 Å². The van der Waals surface area contributed by atoms with Crippen LogP contribution in [0.1, 0.15) is 34.6 Å². The van der Waals surface area contributed by atoms with E-state index in [0.717, 1.165) is 41.0 Å². The molecule has 1 fully saturated rings. The monoisotopic (exact) mass is 432 g/mol. The summed E-state index contributed by atoms with van der Waals surface area (Å²) in [5.74, 6) is 4.68. The van der Waals surface area contributed by atoms with E-state index in [4.69, 9.17) is 0 Å². The Morgan fingerprint density at radius 2 is 0.880 bits per heavy atom. The molecule has 3 rings (SSSR count). The Hall–Kier alpha value is -1.12. The molecule has 25 heavy (non-hydrogen) atoms. The van der Waals surface area contributed by atoms with Crippen molar-refractivity contribution in [2.45, 2.75) is 34.6 Å². The predicted octanol–water partition coefficient (Wildman–Crippen LogP) is 4.95. The van der Waals surface area contributed by atoms with Crippen LogP contribution in [0.4, 0.5) is 0 Å². The van der Waals surface area contributed by atoms with Crippen LogP contribution in [-0.4, -0.2) is 15.4 Å². The van der Waals surface area contributed by atoms with E-state index < -0.39 is 0 Å². The fourth-order valence-electron chi connectivity index (χ4n) is 3.42. The summed E-state index contributed by atoms with van der Waals surface area (Å²) in [5.41, 5.74) is 1.83. The van der Waals surface area contributed by atoms with Gasteiger partial charge in [-0.25, -0.2) is 0 Å². The van der Waals surface area contributed by atoms with Crippen LogP contribution in [0.5, 0.6) is 0 Å². The molecule has 0 amide bonds. The van der Waals surface area contributed by atoms with Gasteiger partial charge in [0.2, 0.25) is 0 Å². The summed E-state index contributed by atoms with van der Waals surface area (Å²) in [6.07, 6.45) is 3.54. The van der Waals surface area contributed by atoms with Crippen LogP contribution in [0.3, 0.4) is 0 Å². The van der Waals surface area contributed by atoms with Crippen molar-refractivity contribution in [1.29, 1.82) is 0 Å². The molecule has 0 spiro atoms. The first-order valence-corrected chi connectivity index (χ1v) is 8.34. The third kappa shape index (κ3) is 6.60. The topological polar surface area (TPSA) is 57.3 Å². The normalized spacial score (nSPS) is 26.8. The Labute approximate surface area is 166 Å². The van der Waals surface area contributed by atoms with E-state index in [2.05, 4.69) is 44.6 Å². The fourth-order valence-corrected chi connectivity index (χ4v) is 3.42. The van der Waals surface area contributed by atoms with Crippen LogP contribution < -0.4 is 0 Å². The molecule has 1 aliphatic rings. The molecule has 143 valence electrons. The Kier molecular flexibility index (Phi) is 12.8. The van der Waals surface area contributed by atoms with E-state index in [9.17, 15) is 0 Å². The van der Waals surface area contributed by atoms with Gasteiger partial charge in [0.25, 0.3) is 0 Å². The van der Waals surface area contributed by atoms with Gasteiger partial charge in [-0.2, -0.15) is 0 Å². The molecule has 1 radical (unpaired) electrons. The van der Waals surface area contributed by atoms with Gasteiger partial charge in [0, 0.05) is 31.9 Å². The van der Waals surface area contributed by atoms with E-state index in [1.54, 1.807) is 12.4 Å². The van der Waals surface area contributed by atoms with Gasteiger partial charge in [-0.1, -0.05) is 46.8 Å². The summed E-state index contributed by atoms with van der Waals surface area (Å²) in [5, 5.41) is 0. The maximum absolute atomic E-state index is 4.19. The smallest absolute Gasteiger partial charge is 0.0886 e. The molecular formula is C21H33N2ORh-. The van der Waals surface area contributed by atoms with Crippen molar-refractivity contribution in [2.24, 2.45) is 29.6 Å². The summed E-state index contributed by atoms with van der Waals surface area (Å²) in [6, 6.07) is 11.6. The molecule has 1 aliphatic carbocycles. The first-order valence-electron chi connectivity index (χ1n) is 8.34. The standard InChI is InChI=1S/C10H8N2.C10H20.CH3.H2O.Rh/c1-3-7-11-9(5-1)10-6-2-4-8-12-10;1-6-7(2)9(4)10(5)8(6)3;;;/h1-8H;6-10H,1-5H3;1H3;1H2;/q;;-1;;. The Balaban J connectivity index is 0.